The first kappa shape index (κ1) is 14.4. The van der Waals surface area contributed by atoms with Crippen molar-refractivity contribution in [3.8, 4) is 0 Å². The molecule has 2 amide bonds. The molecule has 2 N–H and O–H groups in total. The van der Waals surface area contributed by atoms with Crippen LogP contribution in [-0.4, -0.2) is 35.6 Å². The monoisotopic (exact) mass is 276 g/mol. The van der Waals surface area contributed by atoms with Crippen molar-refractivity contribution in [2.45, 2.75) is 31.2 Å². The lowest BCUT2D eigenvalue weighted by molar-refractivity contribution is -0.137. The molecule has 5 nitrogen and oxygen atoms in total. The van der Waals surface area contributed by atoms with Crippen LogP contribution < -0.4 is 5.32 Å². The SMILES string of the molecule is CN(CC(=O)O)C(=O)NC1(c2ccccc2)CCCC1. The highest BCUT2D eigenvalue weighted by atomic mass is 16.4. The summed E-state index contributed by atoms with van der Waals surface area (Å²) in [6.07, 6.45) is 3.92. The number of carbonyl (C=O) groups is 2. The number of amides is 2. The van der Waals surface area contributed by atoms with Crippen molar-refractivity contribution < 1.29 is 14.7 Å². The molecule has 0 atom stereocenters. The molecule has 1 aromatic carbocycles. The summed E-state index contributed by atoms with van der Waals surface area (Å²) in [6.45, 7) is -0.295. The third-order valence-corrected chi connectivity index (χ3v) is 3.85. The van der Waals surface area contributed by atoms with Crippen LogP contribution in [0.5, 0.6) is 0 Å². The molecule has 0 spiro atoms. The van der Waals surface area contributed by atoms with E-state index in [9.17, 15) is 9.59 Å². The van der Waals surface area contributed by atoms with Crippen LogP contribution in [0.2, 0.25) is 0 Å². The minimum Gasteiger partial charge on any atom is -0.480 e. The maximum absolute atomic E-state index is 12.2. The number of hydrogen-bond donors (Lipinski definition) is 2. The number of nitrogens with one attached hydrogen (secondary N) is 1. The molecular formula is C15H20N2O3. The maximum Gasteiger partial charge on any atom is 0.323 e. The molecule has 0 saturated heterocycles. The molecule has 1 saturated carbocycles. The summed E-state index contributed by atoms with van der Waals surface area (Å²) in [5.41, 5.74) is 0.736. The Morgan fingerprint density at radius 2 is 1.85 bits per heavy atom. The smallest absolute Gasteiger partial charge is 0.323 e. The van der Waals surface area contributed by atoms with Crippen LogP contribution >= 0.6 is 0 Å². The van der Waals surface area contributed by atoms with E-state index < -0.39 is 5.97 Å². The van der Waals surface area contributed by atoms with E-state index in [1.54, 1.807) is 0 Å². The number of likely N-dealkylation sites (N-methyl/N-ethyl adjacent to an activating group) is 1. The number of carbonyl (C=O) groups excluding carboxylic acids is 1. The third kappa shape index (κ3) is 3.10. The number of urea groups is 1. The van der Waals surface area contributed by atoms with Crippen molar-refractivity contribution in [1.82, 2.24) is 10.2 Å². The van der Waals surface area contributed by atoms with Crippen LogP contribution in [0.1, 0.15) is 31.2 Å². The van der Waals surface area contributed by atoms with E-state index in [1.165, 1.54) is 11.9 Å². The average Bonchev–Trinajstić information content (AvgIpc) is 2.88. The van der Waals surface area contributed by atoms with E-state index in [4.69, 9.17) is 5.11 Å². The molecule has 0 aromatic heterocycles. The van der Waals surface area contributed by atoms with Crippen LogP contribution in [-0.2, 0) is 10.3 Å². The van der Waals surface area contributed by atoms with Crippen molar-refractivity contribution in [3.63, 3.8) is 0 Å². The molecule has 0 aliphatic heterocycles. The van der Waals surface area contributed by atoms with E-state index in [0.717, 1.165) is 31.2 Å². The van der Waals surface area contributed by atoms with Gasteiger partial charge in [0.2, 0.25) is 0 Å². The Hall–Kier alpha value is -2.04. The van der Waals surface area contributed by atoms with E-state index in [-0.39, 0.29) is 18.1 Å². The number of nitrogens with zero attached hydrogens (tertiary/aromatic N) is 1. The second kappa shape index (κ2) is 5.94. The zero-order valence-electron chi connectivity index (χ0n) is 11.6. The van der Waals surface area contributed by atoms with Gasteiger partial charge in [0.15, 0.2) is 0 Å². The first-order valence-corrected chi connectivity index (χ1v) is 6.84. The summed E-state index contributed by atoms with van der Waals surface area (Å²) >= 11 is 0. The second-order valence-electron chi connectivity index (χ2n) is 5.34. The molecule has 1 aromatic rings. The van der Waals surface area contributed by atoms with Gasteiger partial charge in [0.25, 0.3) is 0 Å². The Balaban J connectivity index is 2.14. The lowest BCUT2D eigenvalue weighted by Crippen LogP contribution is -2.50. The van der Waals surface area contributed by atoms with Crippen molar-refractivity contribution >= 4 is 12.0 Å². The molecule has 108 valence electrons. The lowest BCUT2D eigenvalue weighted by atomic mass is 9.88. The van der Waals surface area contributed by atoms with E-state index in [1.807, 2.05) is 30.3 Å². The summed E-state index contributed by atoms with van der Waals surface area (Å²) in [6, 6.07) is 9.57. The van der Waals surface area contributed by atoms with Crippen LogP contribution in [0.15, 0.2) is 30.3 Å². The van der Waals surface area contributed by atoms with Gasteiger partial charge in [-0.3, -0.25) is 4.79 Å². The fourth-order valence-electron chi connectivity index (χ4n) is 2.80. The molecule has 20 heavy (non-hydrogen) atoms. The largest absolute Gasteiger partial charge is 0.480 e. The summed E-state index contributed by atoms with van der Waals surface area (Å²) < 4.78 is 0. The number of hydrogen-bond acceptors (Lipinski definition) is 2. The van der Waals surface area contributed by atoms with Gasteiger partial charge in [-0.15, -0.1) is 0 Å². The molecular weight excluding hydrogens is 256 g/mol. The molecule has 0 radical (unpaired) electrons. The molecule has 1 aliphatic rings. The molecule has 0 heterocycles. The third-order valence-electron chi connectivity index (χ3n) is 3.85. The summed E-state index contributed by atoms with van der Waals surface area (Å²) in [5.74, 6) is -1.01. The van der Waals surface area contributed by atoms with Gasteiger partial charge in [-0.1, -0.05) is 43.2 Å². The fourth-order valence-corrected chi connectivity index (χ4v) is 2.80. The predicted molar refractivity (Wildman–Crippen MR) is 75.4 cm³/mol. The fraction of sp³-hybridized carbons (Fsp3) is 0.467. The van der Waals surface area contributed by atoms with Gasteiger partial charge in [-0.05, 0) is 18.4 Å². The van der Waals surface area contributed by atoms with Gasteiger partial charge in [-0.25, -0.2) is 4.79 Å². The first-order valence-electron chi connectivity index (χ1n) is 6.84. The molecule has 0 unspecified atom stereocenters. The standard InChI is InChI=1S/C15H20N2O3/c1-17(11-13(18)19)14(20)16-15(9-5-6-10-15)12-7-3-2-4-8-12/h2-4,7-8H,5-6,9-11H2,1H3,(H,16,20)(H,18,19). The van der Waals surface area contributed by atoms with Gasteiger partial charge in [-0.2, -0.15) is 0 Å². The van der Waals surface area contributed by atoms with Gasteiger partial charge >= 0.3 is 12.0 Å². The number of benzene rings is 1. The average molecular weight is 276 g/mol. The van der Waals surface area contributed by atoms with Gasteiger partial charge in [0, 0.05) is 7.05 Å². The molecule has 0 bridgehead atoms. The highest BCUT2D eigenvalue weighted by Crippen LogP contribution is 2.38. The number of aliphatic carboxylic acids is 1. The number of carboxylic acid groups (broad SMARTS) is 1. The van der Waals surface area contributed by atoms with Gasteiger partial charge < -0.3 is 15.3 Å². The maximum atomic E-state index is 12.2. The lowest BCUT2D eigenvalue weighted by Gasteiger charge is -2.32. The van der Waals surface area contributed by atoms with E-state index in [0.29, 0.717) is 0 Å². The Kier molecular flexibility index (Phi) is 4.27. The zero-order chi connectivity index (χ0) is 14.6. The van der Waals surface area contributed by atoms with Gasteiger partial charge in [0.1, 0.15) is 6.54 Å². The van der Waals surface area contributed by atoms with Crippen molar-refractivity contribution in [2.24, 2.45) is 0 Å². The van der Waals surface area contributed by atoms with Crippen LogP contribution in [0.4, 0.5) is 4.79 Å². The second-order valence-corrected chi connectivity index (χ2v) is 5.34. The first-order chi connectivity index (χ1) is 9.53. The summed E-state index contributed by atoms with van der Waals surface area (Å²) in [7, 11) is 1.50. The Morgan fingerprint density at radius 3 is 2.40 bits per heavy atom. The van der Waals surface area contributed by atoms with Crippen molar-refractivity contribution in [3.05, 3.63) is 35.9 Å². The molecule has 1 aliphatic carbocycles. The topological polar surface area (TPSA) is 69.6 Å². The summed E-state index contributed by atoms with van der Waals surface area (Å²) in [4.78, 5) is 24.0. The van der Waals surface area contributed by atoms with Crippen molar-refractivity contribution in [2.75, 3.05) is 13.6 Å². The number of rotatable bonds is 4. The minimum atomic E-state index is -1.01. The quantitative estimate of drug-likeness (QED) is 0.885. The van der Waals surface area contributed by atoms with Crippen LogP contribution in [0, 0.1) is 0 Å². The highest BCUT2D eigenvalue weighted by molar-refractivity contribution is 5.80. The van der Waals surface area contributed by atoms with E-state index in [2.05, 4.69) is 5.32 Å². The predicted octanol–water partition coefficient (Wildman–Crippen LogP) is 2.18. The van der Waals surface area contributed by atoms with Gasteiger partial charge in [0.05, 0.1) is 5.54 Å². The zero-order valence-corrected chi connectivity index (χ0v) is 11.6. The Labute approximate surface area is 118 Å². The van der Waals surface area contributed by atoms with Crippen LogP contribution in [0.25, 0.3) is 0 Å². The summed E-state index contributed by atoms with van der Waals surface area (Å²) in [5, 5.41) is 11.8. The number of carboxylic acids is 1. The molecule has 1 fully saturated rings. The molecule has 2 rings (SSSR count). The molecule has 5 heteroatoms. The Bertz CT molecular complexity index is 481. The van der Waals surface area contributed by atoms with Crippen molar-refractivity contribution in [1.29, 1.82) is 0 Å². The normalized spacial score (nSPS) is 16.6. The Morgan fingerprint density at radius 1 is 1.25 bits per heavy atom. The minimum absolute atomic E-state index is 0.295. The van der Waals surface area contributed by atoms with E-state index >= 15 is 0 Å². The highest BCUT2D eigenvalue weighted by Gasteiger charge is 2.37. The van der Waals surface area contributed by atoms with Crippen LogP contribution in [0.3, 0.4) is 0 Å².